The average Bonchev–Trinajstić information content (AvgIpc) is 3.32. The number of carbonyl (C=O) groups is 5. The molecule has 5 N–H and O–H groups in total. The quantitative estimate of drug-likeness (QED) is 0.329. The van der Waals surface area contributed by atoms with E-state index in [-0.39, 0.29) is 35.8 Å². The van der Waals surface area contributed by atoms with E-state index in [1.807, 2.05) is 0 Å². The number of hydrogen-bond acceptors (Lipinski definition) is 7. The normalized spacial score (nSPS) is 28.0. The molecule has 3 aliphatic rings. The fraction of sp³-hybridized carbons (Fsp3) is 0.435. The molecule has 1 aromatic rings. The van der Waals surface area contributed by atoms with Crippen LogP contribution < -0.4 is 5.32 Å². The van der Waals surface area contributed by atoms with Crippen molar-refractivity contribution in [1.29, 1.82) is 0 Å². The van der Waals surface area contributed by atoms with E-state index < -0.39 is 59.2 Å². The minimum atomic E-state index is -1.32. The first-order valence-corrected chi connectivity index (χ1v) is 12.1. The number of carboxylic acids is 2. The fourth-order valence-electron chi connectivity index (χ4n) is 5.16. The van der Waals surface area contributed by atoms with Gasteiger partial charge in [-0.05, 0) is 31.5 Å². The van der Waals surface area contributed by atoms with Gasteiger partial charge in [0.05, 0.1) is 23.6 Å². The number of fused-ring (bicyclic) bond motifs is 1. The Labute approximate surface area is 209 Å². The smallest absolute Gasteiger partial charge is 0.408 e. The third-order valence-corrected chi connectivity index (χ3v) is 8.29. The van der Waals surface area contributed by atoms with Gasteiger partial charge in [-0.2, -0.15) is 0 Å². The Kier molecular flexibility index (Phi) is 6.71. The number of nitrogens with one attached hydrogen (secondary N) is 1. The number of benzene rings is 1. The van der Waals surface area contributed by atoms with Gasteiger partial charge in [0.1, 0.15) is 11.7 Å². The van der Waals surface area contributed by atoms with Crippen LogP contribution in [-0.4, -0.2) is 90.1 Å². The summed E-state index contributed by atoms with van der Waals surface area (Å²) in [5.74, 6) is -4.66. The van der Waals surface area contributed by atoms with E-state index in [0.29, 0.717) is 4.91 Å². The summed E-state index contributed by atoms with van der Waals surface area (Å²) in [5, 5.41) is 40.7. The number of likely N-dealkylation sites (tertiary alicyclic amines) is 1. The molecule has 2 fully saturated rings. The zero-order chi connectivity index (χ0) is 26.5. The predicted molar refractivity (Wildman–Crippen MR) is 126 cm³/mol. The van der Waals surface area contributed by atoms with Gasteiger partial charge in [-0.3, -0.25) is 14.5 Å². The van der Waals surface area contributed by atoms with Crippen molar-refractivity contribution >= 4 is 47.3 Å². The molecule has 0 saturated carbocycles. The van der Waals surface area contributed by atoms with Crippen LogP contribution in [0.25, 0.3) is 0 Å². The minimum Gasteiger partial charge on any atom is -0.478 e. The molecule has 2 saturated heterocycles. The lowest BCUT2D eigenvalue weighted by atomic mass is 9.79. The maximum Gasteiger partial charge on any atom is 0.408 e. The van der Waals surface area contributed by atoms with E-state index in [4.69, 9.17) is 5.11 Å². The molecule has 3 amide bonds. The Hall–Kier alpha value is -3.58. The van der Waals surface area contributed by atoms with Crippen molar-refractivity contribution in [3.63, 3.8) is 0 Å². The Bertz CT molecular complexity index is 1180. The lowest BCUT2D eigenvalue weighted by molar-refractivity contribution is -0.163. The molecule has 0 bridgehead atoms. The molecule has 0 radical (unpaired) electrons. The number of aliphatic hydroxyl groups excluding tert-OH is 1. The van der Waals surface area contributed by atoms with Crippen molar-refractivity contribution in [3.05, 3.63) is 40.4 Å². The third kappa shape index (κ3) is 4.28. The number of β-lactam (4-membered cyclic amide) rings is 1. The van der Waals surface area contributed by atoms with E-state index in [2.05, 4.69) is 5.32 Å². The monoisotopic (exact) mass is 519 g/mol. The number of amides is 3. The number of aromatic carboxylic acids is 1. The molecule has 1 aromatic carbocycles. The highest BCUT2D eigenvalue weighted by Gasteiger charge is 2.60. The Morgan fingerprint density at radius 1 is 1.14 bits per heavy atom. The van der Waals surface area contributed by atoms with Crippen molar-refractivity contribution < 1.29 is 44.4 Å². The molecule has 3 aliphatic heterocycles. The van der Waals surface area contributed by atoms with Crippen LogP contribution in [0.15, 0.2) is 34.9 Å². The lowest BCUT2D eigenvalue weighted by Gasteiger charge is -2.46. The second-order valence-corrected chi connectivity index (χ2v) is 10.4. The first-order chi connectivity index (χ1) is 16.9. The summed E-state index contributed by atoms with van der Waals surface area (Å²) >= 11 is 1.14. The first-order valence-electron chi connectivity index (χ1n) is 11.2. The standard InChI is InChI=1S/C23H25N3O9S/c1-9-16-15(10(2)27)20(29)26(16)17(22(32)33)18(9)36-13-7-14(25(8-13)23(34)35)19(28)24-12-5-3-4-11(6-12)21(30)31/h3-6,9-10,13-16,27H,7-8H2,1-2H3,(H,24,28)(H,30,31)(H,32,33)(H,34,35)/t9?,10-,13+,14+,15-,16-/m1/s1. The second kappa shape index (κ2) is 9.47. The number of thioether (sulfide) groups is 1. The highest BCUT2D eigenvalue weighted by atomic mass is 32.2. The predicted octanol–water partition coefficient (Wildman–Crippen LogP) is 1.33. The molecule has 4 rings (SSSR count). The topological polar surface area (TPSA) is 185 Å². The van der Waals surface area contributed by atoms with Crippen LogP contribution in [0.1, 0.15) is 30.6 Å². The molecule has 6 atom stereocenters. The van der Waals surface area contributed by atoms with Gasteiger partial charge in [0.2, 0.25) is 11.8 Å². The number of nitrogens with zero attached hydrogens (tertiary/aromatic N) is 2. The summed E-state index contributed by atoms with van der Waals surface area (Å²) in [4.78, 5) is 63.1. The highest BCUT2D eigenvalue weighted by molar-refractivity contribution is 8.03. The molecule has 36 heavy (non-hydrogen) atoms. The number of anilines is 1. The summed E-state index contributed by atoms with van der Waals surface area (Å²) in [6.07, 6.45) is -2.18. The van der Waals surface area contributed by atoms with E-state index in [0.717, 1.165) is 16.7 Å². The first kappa shape index (κ1) is 25.5. The van der Waals surface area contributed by atoms with Gasteiger partial charge in [0, 0.05) is 28.3 Å². The Morgan fingerprint density at radius 2 is 1.83 bits per heavy atom. The van der Waals surface area contributed by atoms with Crippen LogP contribution in [0, 0.1) is 11.8 Å². The molecule has 0 spiro atoms. The van der Waals surface area contributed by atoms with Crippen molar-refractivity contribution in [1.82, 2.24) is 9.80 Å². The van der Waals surface area contributed by atoms with Gasteiger partial charge < -0.3 is 30.6 Å². The van der Waals surface area contributed by atoms with Crippen LogP contribution in [0.4, 0.5) is 10.5 Å². The number of aliphatic hydroxyl groups is 1. The number of aliphatic carboxylic acids is 1. The number of carbonyl (C=O) groups excluding carboxylic acids is 2. The van der Waals surface area contributed by atoms with Crippen molar-refractivity contribution in [2.24, 2.45) is 11.8 Å². The fourth-order valence-corrected chi connectivity index (χ4v) is 6.68. The number of carboxylic acid groups (broad SMARTS) is 3. The van der Waals surface area contributed by atoms with Crippen molar-refractivity contribution in [2.75, 3.05) is 11.9 Å². The zero-order valence-corrected chi connectivity index (χ0v) is 20.1. The largest absolute Gasteiger partial charge is 0.478 e. The van der Waals surface area contributed by atoms with E-state index >= 15 is 0 Å². The minimum absolute atomic E-state index is 0.0409. The van der Waals surface area contributed by atoms with Gasteiger partial charge >= 0.3 is 18.0 Å². The molecule has 3 heterocycles. The highest BCUT2D eigenvalue weighted by Crippen LogP contribution is 2.52. The molecule has 0 aromatic heterocycles. The average molecular weight is 520 g/mol. The van der Waals surface area contributed by atoms with Crippen molar-refractivity contribution in [2.45, 2.75) is 43.7 Å². The van der Waals surface area contributed by atoms with E-state index in [1.54, 1.807) is 6.92 Å². The number of hydrogen-bond donors (Lipinski definition) is 5. The SMILES string of the molecule is CC1C(S[C@H]2C[C@@H](C(=O)Nc3cccc(C(=O)O)c3)N(C(=O)O)C2)=C(C(=O)O)N2C(=O)[C@H]([C@@H](C)O)[C@@H]12. The maximum atomic E-state index is 12.9. The summed E-state index contributed by atoms with van der Waals surface area (Å²) < 4.78 is 0. The Morgan fingerprint density at radius 3 is 2.42 bits per heavy atom. The van der Waals surface area contributed by atoms with Crippen LogP contribution >= 0.6 is 11.8 Å². The molecule has 1 unspecified atom stereocenters. The van der Waals surface area contributed by atoms with Gasteiger partial charge in [0.25, 0.3) is 0 Å². The van der Waals surface area contributed by atoms with Gasteiger partial charge in [-0.1, -0.05) is 13.0 Å². The Balaban J connectivity index is 1.53. The molecule has 0 aliphatic carbocycles. The second-order valence-electron chi connectivity index (χ2n) is 9.07. The van der Waals surface area contributed by atoms with E-state index in [1.165, 1.54) is 36.1 Å². The number of rotatable bonds is 7. The van der Waals surface area contributed by atoms with Gasteiger partial charge in [0.15, 0.2) is 0 Å². The zero-order valence-electron chi connectivity index (χ0n) is 19.3. The van der Waals surface area contributed by atoms with Gasteiger partial charge in [-0.15, -0.1) is 11.8 Å². The maximum absolute atomic E-state index is 12.9. The van der Waals surface area contributed by atoms with E-state index in [9.17, 15) is 39.3 Å². The molecule has 13 heteroatoms. The summed E-state index contributed by atoms with van der Waals surface area (Å²) in [7, 11) is 0. The summed E-state index contributed by atoms with van der Waals surface area (Å²) in [6.45, 7) is 3.20. The lowest BCUT2D eigenvalue weighted by Crippen LogP contribution is -2.63. The molecule has 192 valence electrons. The van der Waals surface area contributed by atoms with Gasteiger partial charge in [-0.25, -0.2) is 14.4 Å². The van der Waals surface area contributed by atoms with Crippen LogP contribution in [0.5, 0.6) is 0 Å². The molecular weight excluding hydrogens is 494 g/mol. The summed E-state index contributed by atoms with van der Waals surface area (Å²) in [5.41, 5.74) is -0.00544. The third-order valence-electron chi connectivity index (χ3n) is 6.79. The molecule has 12 nitrogen and oxygen atoms in total. The van der Waals surface area contributed by atoms with Crippen LogP contribution in [0.2, 0.25) is 0 Å². The summed E-state index contributed by atoms with van der Waals surface area (Å²) in [6, 6.07) is 3.98. The van der Waals surface area contributed by atoms with Crippen molar-refractivity contribution in [3.8, 4) is 0 Å². The molecular formula is C23H25N3O9S. The van der Waals surface area contributed by atoms with Crippen LogP contribution in [-0.2, 0) is 14.4 Å². The van der Waals surface area contributed by atoms with Crippen LogP contribution in [0.3, 0.4) is 0 Å².